The fraction of sp³-hybridized carbons (Fsp3) is 0.391. The van der Waals surface area contributed by atoms with E-state index < -0.39 is 11.3 Å². The number of nitriles is 2. The number of fused-ring (bicyclic) bond motifs is 1. The molecule has 2 nitrogen and oxygen atoms in total. The molecule has 1 aliphatic rings. The molecule has 2 aromatic rings. The molecule has 0 N–H and O–H groups in total. The highest BCUT2D eigenvalue weighted by molar-refractivity contribution is 5.43. The molecule has 0 amide bonds. The minimum atomic E-state index is -0.651. The molecule has 0 saturated heterocycles. The SMILES string of the molecule is CC(C)[C@H]1CCc2ccccc2[C@]1(Cc1ccccc1)C(C#N)C#N. The van der Waals surface area contributed by atoms with Gasteiger partial charge in [-0.15, -0.1) is 0 Å². The van der Waals surface area contributed by atoms with Crippen LogP contribution in [0.5, 0.6) is 0 Å². The second-order valence-electron chi connectivity index (χ2n) is 7.44. The molecule has 2 aromatic carbocycles. The van der Waals surface area contributed by atoms with Gasteiger partial charge in [-0.05, 0) is 47.8 Å². The van der Waals surface area contributed by atoms with Crippen molar-refractivity contribution in [1.82, 2.24) is 0 Å². The average molecular weight is 328 g/mol. The molecular formula is C23H24N2. The number of benzene rings is 2. The molecule has 0 radical (unpaired) electrons. The van der Waals surface area contributed by atoms with E-state index >= 15 is 0 Å². The summed E-state index contributed by atoms with van der Waals surface area (Å²) in [6.07, 6.45) is 2.79. The van der Waals surface area contributed by atoms with Crippen molar-refractivity contribution in [1.29, 1.82) is 10.5 Å². The summed E-state index contributed by atoms with van der Waals surface area (Å²) in [5, 5.41) is 19.7. The van der Waals surface area contributed by atoms with Crippen LogP contribution in [0.3, 0.4) is 0 Å². The van der Waals surface area contributed by atoms with Gasteiger partial charge >= 0.3 is 0 Å². The van der Waals surface area contributed by atoms with Crippen LogP contribution in [-0.4, -0.2) is 0 Å². The van der Waals surface area contributed by atoms with Gasteiger partial charge < -0.3 is 0 Å². The third-order valence-electron chi connectivity index (χ3n) is 5.82. The van der Waals surface area contributed by atoms with Gasteiger partial charge in [-0.25, -0.2) is 0 Å². The highest BCUT2D eigenvalue weighted by Crippen LogP contribution is 2.51. The van der Waals surface area contributed by atoms with Crippen LogP contribution in [0.1, 0.15) is 37.0 Å². The Morgan fingerprint density at radius 2 is 1.64 bits per heavy atom. The quantitative estimate of drug-likeness (QED) is 0.788. The maximum absolute atomic E-state index is 9.87. The Hall–Kier alpha value is -2.58. The molecule has 25 heavy (non-hydrogen) atoms. The largest absolute Gasteiger partial charge is 0.197 e. The van der Waals surface area contributed by atoms with Crippen LogP contribution in [0, 0.1) is 40.4 Å². The third kappa shape index (κ3) is 2.94. The van der Waals surface area contributed by atoms with E-state index in [2.05, 4.69) is 56.3 Å². The fourth-order valence-corrected chi connectivity index (χ4v) is 4.78. The zero-order valence-corrected chi connectivity index (χ0v) is 14.9. The van der Waals surface area contributed by atoms with Crippen molar-refractivity contribution in [2.24, 2.45) is 17.8 Å². The van der Waals surface area contributed by atoms with E-state index in [0.29, 0.717) is 11.8 Å². The van der Waals surface area contributed by atoms with Crippen LogP contribution < -0.4 is 0 Å². The van der Waals surface area contributed by atoms with Crippen LogP contribution in [0.4, 0.5) is 0 Å². The predicted molar refractivity (Wildman–Crippen MR) is 99.6 cm³/mol. The van der Waals surface area contributed by atoms with Crippen molar-refractivity contribution in [3.05, 3.63) is 71.3 Å². The number of nitrogens with zero attached hydrogens (tertiary/aromatic N) is 2. The topological polar surface area (TPSA) is 47.6 Å². The van der Waals surface area contributed by atoms with Crippen LogP contribution in [-0.2, 0) is 18.3 Å². The van der Waals surface area contributed by atoms with Crippen molar-refractivity contribution >= 4 is 0 Å². The molecule has 0 aliphatic heterocycles. The summed E-state index contributed by atoms with van der Waals surface area (Å²) >= 11 is 0. The van der Waals surface area contributed by atoms with Crippen molar-refractivity contribution in [2.45, 2.75) is 38.5 Å². The van der Waals surface area contributed by atoms with Crippen LogP contribution in [0.2, 0.25) is 0 Å². The summed E-state index contributed by atoms with van der Waals surface area (Å²) in [6.45, 7) is 4.45. The van der Waals surface area contributed by atoms with Gasteiger partial charge in [-0.1, -0.05) is 68.4 Å². The maximum Gasteiger partial charge on any atom is 0.143 e. The fourth-order valence-electron chi connectivity index (χ4n) is 4.78. The Labute approximate surface area is 150 Å². The first kappa shape index (κ1) is 17.2. The molecule has 0 unspecified atom stereocenters. The van der Waals surface area contributed by atoms with E-state index in [-0.39, 0.29) is 0 Å². The highest BCUT2D eigenvalue weighted by Gasteiger charge is 2.51. The summed E-state index contributed by atoms with van der Waals surface area (Å²) in [7, 11) is 0. The number of hydrogen-bond donors (Lipinski definition) is 0. The van der Waals surface area contributed by atoms with E-state index in [1.54, 1.807) is 0 Å². The Bertz CT molecular complexity index is 796. The molecule has 0 bridgehead atoms. The molecule has 0 heterocycles. The van der Waals surface area contributed by atoms with Gasteiger partial charge in [0.05, 0.1) is 12.1 Å². The lowest BCUT2D eigenvalue weighted by Crippen LogP contribution is -2.48. The lowest BCUT2D eigenvalue weighted by molar-refractivity contribution is 0.149. The molecular weight excluding hydrogens is 304 g/mol. The van der Waals surface area contributed by atoms with Crippen molar-refractivity contribution in [3.63, 3.8) is 0 Å². The zero-order chi connectivity index (χ0) is 17.9. The number of aryl methyl sites for hydroxylation is 1. The van der Waals surface area contributed by atoms with E-state index in [9.17, 15) is 10.5 Å². The first-order valence-electron chi connectivity index (χ1n) is 9.05. The monoisotopic (exact) mass is 328 g/mol. The van der Waals surface area contributed by atoms with Gasteiger partial charge in [0.25, 0.3) is 0 Å². The smallest absolute Gasteiger partial charge is 0.143 e. The van der Waals surface area contributed by atoms with Gasteiger partial charge in [0, 0.05) is 5.41 Å². The van der Waals surface area contributed by atoms with Crippen LogP contribution >= 0.6 is 0 Å². The molecule has 0 fully saturated rings. The standard InChI is InChI=1S/C23H24N2/c1-17(2)21-13-12-19-10-6-7-11-22(19)23(21,20(15-24)16-25)14-18-8-4-3-5-9-18/h3-11,17,20-21H,12-14H2,1-2H3/t21-,23-/m1/s1. The Kier molecular flexibility index (Phi) is 4.91. The second-order valence-corrected chi connectivity index (χ2v) is 7.44. The molecule has 0 aromatic heterocycles. The first-order valence-corrected chi connectivity index (χ1v) is 9.05. The summed E-state index contributed by atoms with van der Waals surface area (Å²) in [6, 6.07) is 23.4. The van der Waals surface area contributed by atoms with Crippen molar-refractivity contribution < 1.29 is 0 Å². The molecule has 1 aliphatic carbocycles. The molecule has 0 spiro atoms. The first-order chi connectivity index (χ1) is 12.1. The number of hydrogen-bond acceptors (Lipinski definition) is 2. The lowest BCUT2D eigenvalue weighted by atomic mass is 9.53. The van der Waals surface area contributed by atoms with Crippen LogP contribution in [0.25, 0.3) is 0 Å². The van der Waals surface area contributed by atoms with E-state index in [4.69, 9.17) is 0 Å². The van der Waals surface area contributed by atoms with Crippen LogP contribution in [0.15, 0.2) is 54.6 Å². The van der Waals surface area contributed by atoms with E-state index in [0.717, 1.165) is 19.3 Å². The van der Waals surface area contributed by atoms with Gasteiger partial charge in [-0.3, -0.25) is 0 Å². The molecule has 2 atom stereocenters. The summed E-state index contributed by atoms with van der Waals surface area (Å²) in [5.74, 6) is 0.0785. The Balaban J connectivity index is 2.25. The maximum atomic E-state index is 9.87. The van der Waals surface area contributed by atoms with Crippen molar-refractivity contribution in [2.75, 3.05) is 0 Å². The van der Waals surface area contributed by atoms with Crippen molar-refractivity contribution in [3.8, 4) is 12.1 Å². The average Bonchev–Trinajstić information content (AvgIpc) is 2.63. The molecule has 3 rings (SSSR count). The van der Waals surface area contributed by atoms with Gasteiger partial charge in [0.15, 0.2) is 0 Å². The molecule has 126 valence electrons. The minimum absolute atomic E-state index is 0.312. The molecule has 0 saturated carbocycles. The lowest BCUT2D eigenvalue weighted by Gasteiger charge is -2.48. The number of rotatable bonds is 4. The van der Waals surface area contributed by atoms with E-state index in [1.165, 1.54) is 16.7 Å². The van der Waals surface area contributed by atoms with Gasteiger partial charge in [0.1, 0.15) is 5.92 Å². The van der Waals surface area contributed by atoms with Gasteiger partial charge in [-0.2, -0.15) is 10.5 Å². The predicted octanol–water partition coefficient (Wildman–Crippen LogP) is 5.05. The Morgan fingerprint density at radius 1 is 1.00 bits per heavy atom. The zero-order valence-electron chi connectivity index (χ0n) is 14.9. The van der Waals surface area contributed by atoms with E-state index in [1.807, 2.05) is 24.3 Å². The summed E-state index contributed by atoms with van der Waals surface area (Å²) in [5.41, 5.74) is 3.25. The second kappa shape index (κ2) is 7.12. The Morgan fingerprint density at radius 3 is 2.28 bits per heavy atom. The normalized spacial score (nSPS) is 22.2. The van der Waals surface area contributed by atoms with Gasteiger partial charge in [0.2, 0.25) is 0 Å². The molecule has 2 heteroatoms. The highest BCUT2D eigenvalue weighted by atomic mass is 14.5. The summed E-state index contributed by atoms with van der Waals surface area (Å²) in [4.78, 5) is 0. The summed E-state index contributed by atoms with van der Waals surface area (Å²) < 4.78 is 0. The third-order valence-corrected chi connectivity index (χ3v) is 5.82. The minimum Gasteiger partial charge on any atom is -0.197 e.